The SMILES string of the molecule is CCCCO[Si](CC(C)(CC)OCC1CO1)(OCCCC)OCCCC. The third-order valence-corrected chi connectivity index (χ3v) is 7.93. The van der Waals surface area contributed by atoms with Crippen molar-refractivity contribution in [2.45, 2.75) is 97.3 Å². The van der Waals surface area contributed by atoms with Crippen LogP contribution in [0.1, 0.15) is 79.6 Å². The Morgan fingerprint density at radius 3 is 1.69 bits per heavy atom. The van der Waals surface area contributed by atoms with Gasteiger partial charge in [-0.15, -0.1) is 0 Å². The summed E-state index contributed by atoms with van der Waals surface area (Å²) in [4.78, 5) is 0. The highest BCUT2D eigenvalue weighted by Crippen LogP contribution is 2.32. The Morgan fingerprint density at radius 2 is 1.35 bits per heavy atom. The molecule has 0 spiro atoms. The molecule has 6 heteroatoms. The van der Waals surface area contributed by atoms with Gasteiger partial charge in [0.15, 0.2) is 0 Å². The highest BCUT2D eigenvalue weighted by molar-refractivity contribution is 6.61. The van der Waals surface area contributed by atoms with Crippen molar-refractivity contribution in [3.05, 3.63) is 0 Å². The van der Waals surface area contributed by atoms with E-state index in [0.717, 1.165) is 51.6 Å². The molecule has 0 amide bonds. The molecule has 2 unspecified atom stereocenters. The van der Waals surface area contributed by atoms with Crippen LogP contribution in [0, 0.1) is 0 Å². The van der Waals surface area contributed by atoms with Crippen LogP contribution in [0.15, 0.2) is 0 Å². The zero-order valence-electron chi connectivity index (χ0n) is 17.8. The van der Waals surface area contributed by atoms with Crippen LogP contribution in [0.3, 0.4) is 0 Å². The number of ether oxygens (including phenoxy) is 2. The quantitative estimate of drug-likeness (QED) is 0.188. The molecule has 156 valence electrons. The van der Waals surface area contributed by atoms with E-state index >= 15 is 0 Å². The molecule has 1 saturated heterocycles. The Kier molecular flexibility index (Phi) is 12.2. The molecule has 0 aromatic heterocycles. The van der Waals surface area contributed by atoms with Crippen molar-refractivity contribution in [2.24, 2.45) is 0 Å². The van der Waals surface area contributed by atoms with E-state index in [-0.39, 0.29) is 11.7 Å². The topological polar surface area (TPSA) is 49.5 Å². The second-order valence-corrected chi connectivity index (χ2v) is 10.1. The van der Waals surface area contributed by atoms with Gasteiger partial charge in [0.05, 0.1) is 18.8 Å². The molecule has 0 saturated carbocycles. The molecule has 1 rings (SSSR count). The number of unbranched alkanes of at least 4 members (excludes halogenated alkanes) is 3. The lowest BCUT2D eigenvalue weighted by Crippen LogP contribution is -2.52. The second-order valence-electron chi connectivity index (χ2n) is 7.54. The minimum atomic E-state index is -2.78. The lowest BCUT2D eigenvalue weighted by molar-refractivity contribution is -0.0463. The summed E-state index contributed by atoms with van der Waals surface area (Å²) in [5.74, 6) is 0. The van der Waals surface area contributed by atoms with Crippen LogP contribution in [-0.2, 0) is 22.8 Å². The standard InChI is InChI=1S/C20H42O5Si/c1-6-10-13-23-26(24-14-11-7-2,25-15-12-8-3)18-20(5,9-4)22-17-19-16-21-19/h19H,6-18H2,1-5H3. The van der Waals surface area contributed by atoms with E-state index in [0.29, 0.717) is 32.5 Å². The van der Waals surface area contributed by atoms with Gasteiger partial charge in [-0.3, -0.25) is 0 Å². The smallest absolute Gasteiger partial charge is 0.373 e. The van der Waals surface area contributed by atoms with Gasteiger partial charge in [0.25, 0.3) is 0 Å². The van der Waals surface area contributed by atoms with Crippen molar-refractivity contribution < 1.29 is 22.8 Å². The molecule has 26 heavy (non-hydrogen) atoms. The van der Waals surface area contributed by atoms with Gasteiger partial charge in [0.1, 0.15) is 6.10 Å². The van der Waals surface area contributed by atoms with E-state index < -0.39 is 8.80 Å². The predicted molar refractivity (Wildman–Crippen MR) is 108 cm³/mol. The fraction of sp³-hybridized carbons (Fsp3) is 1.00. The van der Waals surface area contributed by atoms with E-state index in [2.05, 4.69) is 34.6 Å². The first kappa shape index (κ1) is 24.1. The van der Waals surface area contributed by atoms with Gasteiger partial charge in [-0.2, -0.15) is 0 Å². The zero-order valence-corrected chi connectivity index (χ0v) is 18.8. The molecule has 1 aliphatic rings. The van der Waals surface area contributed by atoms with Gasteiger partial charge < -0.3 is 22.8 Å². The molecule has 0 aromatic carbocycles. The molecule has 0 N–H and O–H groups in total. The normalized spacial score (nSPS) is 19.5. The van der Waals surface area contributed by atoms with Crippen molar-refractivity contribution in [3.63, 3.8) is 0 Å². The van der Waals surface area contributed by atoms with Crippen LogP contribution in [0.25, 0.3) is 0 Å². The lowest BCUT2D eigenvalue weighted by atomic mass is 10.1. The van der Waals surface area contributed by atoms with E-state index in [1.807, 2.05) is 0 Å². The maximum Gasteiger partial charge on any atom is 0.503 e. The molecule has 1 fully saturated rings. The molecule has 5 nitrogen and oxygen atoms in total. The van der Waals surface area contributed by atoms with Gasteiger partial charge in [-0.05, 0) is 32.6 Å². The van der Waals surface area contributed by atoms with Crippen molar-refractivity contribution in [1.29, 1.82) is 0 Å². The van der Waals surface area contributed by atoms with Crippen LogP contribution in [0.4, 0.5) is 0 Å². The van der Waals surface area contributed by atoms with E-state index in [9.17, 15) is 0 Å². The second kappa shape index (κ2) is 13.2. The summed E-state index contributed by atoms with van der Waals surface area (Å²) in [5.41, 5.74) is -0.303. The Morgan fingerprint density at radius 1 is 0.885 bits per heavy atom. The fourth-order valence-corrected chi connectivity index (χ4v) is 5.78. The summed E-state index contributed by atoms with van der Waals surface area (Å²) in [6.07, 6.45) is 7.58. The Labute approximate surface area is 162 Å². The third kappa shape index (κ3) is 9.81. The molecule has 1 heterocycles. The monoisotopic (exact) mass is 390 g/mol. The highest BCUT2D eigenvalue weighted by Gasteiger charge is 2.48. The fourth-order valence-electron chi connectivity index (χ4n) is 2.59. The summed E-state index contributed by atoms with van der Waals surface area (Å²) in [5, 5.41) is 0. The predicted octanol–water partition coefficient (Wildman–Crippen LogP) is 4.96. The maximum absolute atomic E-state index is 6.37. The van der Waals surface area contributed by atoms with E-state index in [4.69, 9.17) is 22.8 Å². The Hall–Kier alpha value is 0.0169. The van der Waals surface area contributed by atoms with Gasteiger partial charge in [0.2, 0.25) is 0 Å². The van der Waals surface area contributed by atoms with Gasteiger partial charge in [-0.25, -0.2) is 0 Å². The summed E-state index contributed by atoms with van der Waals surface area (Å²) >= 11 is 0. The molecule has 0 radical (unpaired) electrons. The number of hydrogen-bond donors (Lipinski definition) is 0. The first-order valence-corrected chi connectivity index (χ1v) is 12.6. The molecule has 1 aliphatic heterocycles. The summed E-state index contributed by atoms with van der Waals surface area (Å²) in [6, 6.07) is 0.709. The van der Waals surface area contributed by atoms with Crippen LogP contribution in [0.5, 0.6) is 0 Å². The minimum absolute atomic E-state index is 0.264. The first-order valence-electron chi connectivity index (χ1n) is 10.7. The number of rotatable bonds is 18. The largest absolute Gasteiger partial charge is 0.503 e. The number of epoxide rings is 1. The average molecular weight is 391 g/mol. The maximum atomic E-state index is 6.37. The van der Waals surface area contributed by atoms with Crippen LogP contribution in [-0.4, -0.2) is 53.5 Å². The van der Waals surface area contributed by atoms with Crippen LogP contribution in [0.2, 0.25) is 6.04 Å². The zero-order chi connectivity index (χ0) is 19.3. The van der Waals surface area contributed by atoms with Gasteiger partial charge in [-0.1, -0.05) is 47.0 Å². The minimum Gasteiger partial charge on any atom is -0.373 e. The van der Waals surface area contributed by atoms with Gasteiger partial charge in [0, 0.05) is 25.9 Å². The lowest BCUT2D eigenvalue weighted by Gasteiger charge is -2.37. The Balaban J connectivity index is 2.81. The average Bonchev–Trinajstić information content (AvgIpc) is 3.45. The molecular formula is C20H42O5Si. The Bertz CT molecular complexity index is 325. The number of hydrogen-bond acceptors (Lipinski definition) is 5. The molecule has 2 atom stereocenters. The summed E-state index contributed by atoms with van der Waals surface area (Å²) in [7, 11) is -2.78. The summed E-state index contributed by atoms with van der Waals surface area (Å²) in [6.45, 7) is 14.4. The highest BCUT2D eigenvalue weighted by atomic mass is 28.4. The molecule has 0 aromatic rings. The first-order chi connectivity index (χ1) is 12.5. The van der Waals surface area contributed by atoms with E-state index in [1.54, 1.807) is 0 Å². The third-order valence-electron chi connectivity index (χ3n) is 4.82. The van der Waals surface area contributed by atoms with Crippen molar-refractivity contribution >= 4 is 8.80 Å². The van der Waals surface area contributed by atoms with Crippen LogP contribution >= 0.6 is 0 Å². The van der Waals surface area contributed by atoms with Crippen molar-refractivity contribution in [3.8, 4) is 0 Å². The summed E-state index contributed by atoms with van der Waals surface area (Å²) < 4.78 is 30.7. The molecule has 0 aliphatic carbocycles. The van der Waals surface area contributed by atoms with Crippen LogP contribution < -0.4 is 0 Å². The molecule has 0 bridgehead atoms. The van der Waals surface area contributed by atoms with Gasteiger partial charge >= 0.3 is 8.80 Å². The van der Waals surface area contributed by atoms with Crippen molar-refractivity contribution in [2.75, 3.05) is 33.0 Å². The van der Waals surface area contributed by atoms with Crippen molar-refractivity contribution in [1.82, 2.24) is 0 Å². The molecular weight excluding hydrogens is 348 g/mol. The van der Waals surface area contributed by atoms with E-state index in [1.165, 1.54) is 0 Å².